The van der Waals surface area contributed by atoms with E-state index in [0.29, 0.717) is 0 Å². The maximum absolute atomic E-state index is 11.9. The van der Waals surface area contributed by atoms with Crippen LogP contribution >= 0.6 is 0 Å². The smallest absolute Gasteiger partial charge is 0.246 e. The van der Waals surface area contributed by atoms with E-state index in [-0.39, 0.29) is 24.2 Å². The SMILES string of the molecule is CNC(=O)C1C=CC(c2cccc3c(OC)c(-c4ccc(N5CC(C)OC(C)C5)cc4)cnc23)=CN1. The van der Waals surface area contributed by atoms with Crippen molar-refractivity contribution in [1.82, 2.24) is 15.6 Å². The number of dihydropyridines is 1. The fourth-order valence-corrected chi connectivity index (χ4v) is 5.07. The van der Waals surface area contributed by atoms with E-state index in [9.17, 15) is 4.79 Å². The van der Waals surface area contributed by atoms with Crippen molar-refractivity contribution in [3.8, 4) is 16.9 Å². The van der Waals surface area contributed by atoms with Gasteiger partial charge in [0.25, 0.3) is 0 Å². The van der Waals surface area contributed by atoms with Crippen LogP contribution in [0.3, 0.4) is 0 Å². The first-order valence-electron chi connectivity index (χ1n) is 12.3. The monoisotopic (exact) mass is 484 g/mol. The summed E-state index contributed by atoms with van der Waals surface area (Å²) in [5.41, 5.74) is 5.97. The van der Waals surface area contributed by atoms with E-state index in [4.69, 9.17) is 14.5 Å². The minimum atomic E-state index is -0.380. The molecule has 36 heavy (non-hydrogen) atoms. The number of para-hydroxylation sites is 1. The maximum atomic E-state index is 11.9. The predicted molar refractivity (Wildman–Crippen MR) is 144 cm³/mol. The molecule has 5 rings (SSSR count). The Morgan fingerprint density at radius 1 is 1.11 bits per heavy atom. The molecule has 2 aromatic carbocycles. The maximum Gasteiger partial charge on any atom is 0.246 e. The van der Waals surface area contributed by atoms with Crippen molar-refractivity contribution in [2.24, 2.45) is 0 Å². The summed E-state index contributed by atoms with van der Waals surface area (Å²) in [7, 11) is 3.33. The molecule has 3 heterocycles. The number of amides is 1. The Hall–Kier alpha value is -3.84. The summed E-state index contributed by atoms with van der Waals surface area (Å²) in [6, 6.07) is 14.3. The van der Waals surface area contributed by atoms with E-state index in [1.807, 2.05) is 42.7 Å². The molecule has 0 saturated carbocycles. The standard InChI is InChI=1S/C29H32N4O3/c1-18-16-33(17-19(2)36-18)22-11-8-20(9-12-22)25-15-32-27-23(6-5-7-24(27)28(25)35-4)21-10-13-26(31-14-21)29(34)30-3/h5-15,18-19,26,31H,16-17H2,1-4H3,(H,30,34). The normalized spacial score (nSPS) is 21.6. The Labute approximate surface area is 211 Å². The number of carbonyl (C=O) groups excluding carboxylic acids is 1. The lowest BCUT2D eigenvalue weighted by molar-refractivity contribution is -0.121. The Morgan fingerprint density at radius 3 is 2.50 bits per heavy atom. The second-order valence-corrected chi connectivity index (χ2v) is 9.33. The molecule has 0 radical (unpaired) electrons. The highest BCUT2D eigenvalue weighted by molar-refractivity contribution is 6.00. The van der Waals surface area contributed by atoms with Crippen LogP contribution in [0.25, 0.3) is 27.6 Å². The number of morpholine rings is 1. The lowest BCUT2D eigenvalue weighted by atomic mass is 9.97. The summed E-state index contributed by atoms with van der Waals surface area (Å²) < 4.78 is 11.8. The number of allylic oxidation sites excluding steroid dienone is 2. The van der Waals surface area contributed by atoms with E-state index in [2.05, 4.69) is 53.6 Å². The fraction of sp³-hybridized carbons (Fsp3) is 0.310. The fourth-order valence-electron chi connectivity index (χ4n) is 5.07. The molecule has 3 atom stereocenters. The number of carbonyl (C=O) groups is 1. The van der Waals surface area contributed by atoms with Gasteiger partial charge in [-0.2, -0.15) is 0 Å². The molecule has 2 N–H and O–H groups in total. The first kappa shape index (κ1) is 23.9. The Morgan fingerprint density at radius 2 is 1.86 bits per heavy atom. The molecule has 2 aliphatic rings. The van der Waals surface area contributed by atoms with Crippen molar-refractivity contribution in [2.75, 3.05) is 32.1 Å². The number of nitrogens with one attached hydrogen (secondary N) is 2. The molecular formula is C29H32N4O3. The second kappa shape index (κ2) is 10.0. The predicted octanol–water partition coefficient (Wildman–Crippen LogP) is 4.14. The largest absolute Gasteiger partial charge is 0.495 e. The molecule has 0 bridgehead atoms. The summed E-state index contributed by atoms with van der Waals surface area (Å²) in [5, 5.41) is 6.76. The zero-order valence-corrected chi connectivity index (χ0v) is 21.1. The summed E-state index contributed by atoms with van der Waals surface area (Å²) in [4.78, 5) is 19.2. The number of ether oxygens (including phenoxy) is 2. The molecule has 1 fully saturated rings. The Balaban J connectivity index is 1.47. The van der Waals surface area contributed by atoms with Crippen LogP contribution in [0.5, 0.6) is 5.75 Å². The minimum Gasteiger partial charge on any atom is -0.495 e. The van der Waals surface area contributed by atoms with Gasteiger partial charge in [0.05, 0.1) is 24.8 Å². The van der Waals surface area contributed by atoms with Crippen LogP contribution in [0.1, 0.15) is 19.4 Å². The van der Waals surface area contributed by atoms with E-state index >= 15 is 0 Å². The molecule has 3 unspecified atom stereocenters. The third kappa shape index (κ3) is 4.54. The Kier molecular flexibility index (Phi) is 6.65. The first-order chi connectivity index (χ1) is 17.5. The first-order valence-corrected chi connectivity index (χ1v) is 12.3. The van der Waals surface area contributed by atoms with Crippen LogP contribution in [-0.4, -0.2) is 56.4 Å². The highest BCUT2D eigenvalue weighted by Crippen LogP contribution is 2.38. The number of anilines is 1. The van der Waals surface area contributed by atoms with E-state index in [0.717, 1.165) is 52.0 Å². The molecule has 1 amide bonds. The zero-order valence-electron chi connectivity index (χ0n) is 21.1. The van der Waals surface area contributed by atoms with E-state index in [1.165, 1.54) is 5.69 Å². The van der Waals surface area contributed by atoms with E-state index < -0.39 is 0 Å². The van der Waals surface area contributed by atoms with Gasteiger partial charge >= 0.3 is 0 Å². The van der Waals surface area contributed by atoms with Crippen LogP contribution in [0, 0.1) is 0 Å². The van der Waals surface area contributed by atoms with Crippen LogP contribution < -0.4 is 20.3 Å². The number of hydrogen-bond acceptors (Lipinski definition) is 6. The van der Waals surface area contributed by atoms with Gasteiger partial charge in [-0.1, -0.05) is 36.4 Å². The average molecular weight is 485 g/mol. The molecule has 2 aliphatic heterocycles. The third-order valence-electron chi connectivity index (χ3n) is 6.74. The van der Waals surface area contributed by atoms with Gasteiger partial charge in [-0.05, 0) is 43.2 Å². The van der Waals surface area contributed by atoms with Gasteiger partial charge in [-0.3, -0.25) is 9.78 Å². The van der Waals surface area contributed by atoms with E-state index in [1.54, 1.807) is 14.2 Å². The zero-order chi connectivity index (χ0) is 25.2. The minimum absolute atomic E-state index is 0.0763. The number of likely N-dealkylation sites (N-methyl/N-ethyl adjacent to an activating group) is 1. The highest BCUT2D eigenvalue weighted by Gasteiger charge is 2.23. The molecule has 3 aromatic rings. The number of benzene rings is 2. The van der Waals surface area contributed by atoms with Gasteiger partial charge in [0.15, 0.2) is 0 Å². The van der Waals surface area contributed by atoms with Crippen molar-refractivity contribution in [3.05, 3.63) is 72.6 Å². The summed E-state index contributed by atoms with van der Waals surface area (Å²) >= 11 is 0. The van der Waals surface area contributed by atoms with Gasteiger partial charge in [0.1, 0.15) is 11.8 Å². The molecule has 1 saturated heterocycles. The average Bonchev–Trinajstić information content (AvgIpc) is 2.91. The lowest BCUT2D eigenvalue weighted by Gasteiger charge is -2.36. The van der Waals surface area contributed by atoms with Crippen LogP contribution in [-0.2, 0) is 9.53 Å². The second-order valence-electron chi connectivity index (χ2n) is 9.33. The third-order valence-corrected chi connectivity index (χ3v) is 6.74. The number of fused-ring (bicyclic) bond motifs is 1. The molecule has 0 spiro atoms. The summed E-state index contributed by atoms with van der Waals surface area (Å²) in [6.45, 7) is 6.01. The van der Waals surface area contributed by atoms with Crippen LogP contribution in [0.2, 0.25) is 0 Å². The van der Waals surface area contributed by atoms with Gasteiger partial charge in [-0.15, -0.1) is 0 Å². The molecule has 1 aromatic heterocycles. The van der Waals surface area contributed by atoms with Gasteiger partial charge in [-0.25, -0.2) is 0 Å². The quantitative estimate of drug-likeness (QED) is 0.567. The Bertz CT molecular complexity index is 1320. The summed E-state index contributed by atoms with van der Waals surface area (Å²) in [6.07, 6.45) is 7.99. The number of methoxy groups -OCH3 is 1. The topological polar surface area (TPSA) is 75.7 Å². The molecular weight excluding hydrogens is 452 g/mol. The summed E-state index contributed by atoms with van der Waals surface area (Å²) in [5.74, 6) is 0.715. The molecule has 7 nitrogen and oxygen atoms in total. The van der Waals surface area contributed by atoms with Gasteiger partial charge in [0, 0.05) is 54.7 Å². The van der Waals surface area contributed by atoms with Gasteiger partial charge < -0.3 is 25.0 Å². The molecule has 7 heteroatoms. The van der Waals surface area contributed by atoms with Crippen molar-refractivity contribution < 1.29 is 14.3 Å². The number of hydrogen-bond donors (Lipinski definition) is 2. The highest BCUT2D eigenvalue weighted by atomic mass is 16.5. The number of rotatable bonds is 5. The molecule has 0 aliphatic carbocycles. The number of pyridine rings is 1. The van der Waals surface area contributed by atoms with Crippen LogP contribution in [0.4, 0.5) is 5.69 Å². The van der Waals surface area contributed by atoms with Crippen molar-refractivity contribution in [1.29, 1.82) is 0 Å². The van der Waals surface area contributed by atoms with Crippen molar-refractivity contribution >= 4 is 28.1 Å². The van der Waals surface area contributed by atoms with Crippen molar-refractivity contribution in [2.45, 2.75) is 32.1 Å². The van der Waals surface area contributed by atoms with Crippen molar-refractivity contribution in [3.63, 3.8) is 0 Å². The van der Waals surface area contributed by atoms with Gasteiger partial charge in [0.2, 0.25) is 5.91 Å². The lowest BCUT2D eigenvalue weighted by Crippen LogP contribution is -2.45. The van der Waals surface area contributed by atoms with Crippen LogP contribution in [0.15, 0.2) is 67.0 Å². The number of aromatic nitrogens is 1. The molecule has 186 valence electrons. The number of nitrogens with zero attached hydrogens (tertiary/aromatic N) is 2.